The summed E-state index contributed by atoms with van der Waals surface area (Å²) in [6, 6.07) is 0.770. The lowest BCUT2D eigenvalue weighted by atomic mass is 9.62. The lowest BCUT2D eigenvalue weighted by molar-refractivity contribution is 0.00106. The highest BCUT2D eigenvalue weighted by molar-refractivity contribution is 5.04. The average Bonchev–Trinajstić information content (AvgIpc) is 1.79. The monoisotopic (exact) mass is 152 g/mol. The topological polar surface area (TPSA) is 38.0 Å². The summed E-state index contributed by atoms with van der Waals surface area (Å²) in [6.07, 6.45) is 6.74. The fraction of sp³-hybridized carbons (Fsp3) is 1.00. The maximum atomic E-state index is 6.21. The zero-order valence-electron chi connectivity index (χ0n) is 6.84. The van der Waals surface area contributed by atoms with Gasteiger partial charge < -0.3 is 5.73 Å². The minimum atomic E-state index is 0.0503. The first-order valence-electron chi connectivity index (χ1n) is 4.80. The third kappa shape index (κ3) is 0.859. The molecule has 4 rings (SSSR count). The highest BCUT2D eigenvalue weighted by atomic mass is 15.2. The molecule has 0 aromatic heterocycles. The molecule has 0 spiro atoms. The van der Waals surface area contributed by atoms with E-state index in [9.17, 15) is 0 Å². The van der Waals surface area contributed by atoms with Gasteiger partial charge in [-0.05, 0) is 43.9 Å². The van der Waals surface area contributed by atoms with Crippen LogP contribution in [0.4, 0.5) is 0 Å². The first kappa shape index (κ1) is 6.44. The fourth-order valence-electron chi connectivity index (χ4n) is 3.65. The van der Waals surface area contributed by atoms with Crippen LogP contribution in [0, 0.1) is 11.8 Å². The van der Waals surface area contributed by atoms with Gasteiger partial charge in [0.25, 0.3) is 0 Å². The second-order valence-electron chi connectivity index (χ2n) is 4.84. The molecule has 0 aromatic carbocycles. The molecule has 2 unspecified atom stereocenters. The van der Waals surface area contributed by atoms with Gasteiger partial charge in [0, 0.05) is 6.04 Å². The summed E-state index contributed by atoms with van der Waals surface area (Å²) in [5.41, 5.74) is 6.26. The van der Waals surface area contributed by atoms with Gasteiger partial charge in [0.05, 0.1) is 5.66 Å². The van der Waals surface area contributed by atoms with E-state index in [-0.39, 0.29) is 5.66 Å². The molecule has 62 valence electrons. The minimum absolute atomic E-state index is 0.0503. The lowest BCUT2D eigenvalue weighted by Gasteiger charge is -2.55. The molecular formula is C9H16N2. The maximum Gasteiger partial charge on any atom is 0.0669 e. The number of nitrogens with two attached hydrogens (primary N) is 1. The summed E-state index contributed by atoms with van der Waals surface area (Å²) in [6.45, 7) is 0. The highest BCUT2D eigenvalue weighted by Crippen LogP contribution is 2.47. The van der Waals surface area contributed by atoms with Crippen LogP contribution >= 0.6 is 0 Å². The van der Waals surface area contributed by atoms with Crippen molar-refractivity contribution in [2.45, 2.75) is 43.8 Å². The molecule has 3 N–H and O–H groups in total. The Morgan fingerprint density at radius 1 is 1.09 bits per heavy atom. The van der Waals surface area contributed by atoms with Crippen LogP contribution in [0.1, 0.15) is 32.1 Å². The minimum Gasteiger partial charge on any atom is -0.313 e. The second kappa shape index (κ2) is 1.80. The lowest BCUT2D eigenvalue weighted by Crippen LogP contribution is -2.68. The Hall–Kier alpha value is -0.0800. The zero-order valence-corrected chi connectivity index (χ0v) is 6.84. The number of hydrogen-bond donors (Lipinski definition) is 2. The Labute approximate surface area is 67.5 Å². The SMILES string of the molecule is NC12C[C@@H]3CC(C[C@@H](C3)C1)N2. The van der Waals surface area contributed by atoms with Crippen molar-refractivity contribution in [2.24, 2.45) is 17.6 Å². The number of piperidine rings is 2. The summed E-state index contributed by atoms with van der Waals surface area (Å²) in [4.78, 5) is 0. The third-order valence-electron chi connectivity index (χ3n) is 3.70. The molecule has 2 saturated heterocycles. The van der Waals surface area contributed by atoms with Crippen LogP contribution in [0.3, 0.4) is 0 Å². The van der Waals surface area contributed by atoms with E-state index >= 15 is 0 Å². The molecule has 2 heterocycles. The molecule has 4 aliphatic rings. The van der Waals surface area contributed by atoms with Crippen molar-refractivity contribution in [3.8, 4) is 0 Å². The van der Waals surface area contributed by atoms with Gasteiger partial charge in [-0.25, -0.2) is 0 Å². The van der Waals surface area contributed by atoms with E-state index in [2.05, 4.69) is 5.32 Å². The average molecular weight is 152 g/mol. The predicted molar refractivity (Wildman–Crippen MR) is 43.9 cm³/mol. The Morgan fingerprint density at radius 3 is 2.18 bits per heavy atom. The van der Waals surface area contributed by atoms with E-state index in [1.165, 1.54) is 32.1 Å². The van der Waals surface area contributed by atoms with Crippen LogP contribution in [-0.2, 0) is 0 Å². The van der Waals surface area contributed by atoms with E-state index in [4.69, 9.17) is 5.73 Å². The Bertz CT molecular complexity index is 153. The van der Waals surface area contributed by atoms with Gasteiger partial charge >= 0.3 is 0 Å². The fourth-order valence-corrected chi connectivity index (χ4v) is 3.65. The molecule has 4 atom stereocenters. The molecule has 4 fully saturated rings. The van der Waals surface area contributed by atoms with Crippen LogP contribution in [0.2, 0.25) is 0 Å². The molecule has 0 amide bonds. The van der Waals surface area contributed by atoms with Gasteiger partial charge in [0.1, 0.15) is 0 Å². The van der Waals surface area contributed by atoms with Crippen molar-refractivity contribution >= 4 is 0 Å². The van der Waals surface area contributed by atoms with Gasteiger partial charge in [-0.3, -0.25) is 5.32 Å². The van der Waals surface area contributed by atoms with Crippen molar-refractivity contribution in [1.29, 1.82) is 0 Å². The molecule has 2 aliphatic carbocycles. The quantitative estimate of drug-likeness (QED) is 0.539. The van der Waals surface area contributed by atoms with Crippen molar-refractivity contribution < 1.29 is 0 Å². The first-order valence-corrected chi connectivity index (χ1v) is 4.80. The van der Waals surface area contributed by atoms with Crippen LogP contribution < -0.4 is 11.1 Å². The van der Waals surface area contributed by atoms with Crippen molar-refractivity contribution in [3.05, 3.63) is 0 Å². The first-order chi connectivity index (χ1) is 5.23. The Morgan fingerprint density at radius 2 is 1.73 bits per heavy atom. The Balaban J connectivity index is 1.94. The molecule has 0 aromatic rings. The largest absolute Gasteiger partial charge is 0.313 e. The summed E-state index contributed by atoms with van der Waals surface area (Å²) in [5.74, 6) is 1.91. The normalized spacial score (nSPS) is 60.3. The summed E-state index contributed by atoms with van der Waals surface area (Å²) in [5, 5.41) is 3.57. The molecule has 0 radical (unpaired) electrons. The van der Waals surface area contributed by atoms with Crippen LogP contribution in [0.5, 0.6) is 0 Å². The number of hydrogen-bond acceptors (Lipinski definition) is 2. The van der Waals surface area contributed by atoms with E-state index < -0.39 is 0 Å². The van der Waals surface area contributed by atoms with Crippen molar-refractivity contribution in [1.82, 2.24) is 5.32 Å². The Kier molecular flexibility index (Phi) is 1.06. The maximum absolute atomic E-state index is 6.21. The molecule has 2 aliphatic heterocycles. The molecule has 2 heteroatoms. The number of rotatable bonds is 0. The van der Waals surface area contributed by atoms with E-state index in [0.717, 1.165) is 17.9 Å². The zero-order chi connectivity index (χ0) is 7.47. The molecule has 2 saturated carbocycles. The van der Waals surface area contributed by atoms with E-state index in [0.29, 0.717) is 0 Å². The van der Waals surface area contributed by atoms with Gasteiger partial charge in [0.2, 0.25) is 0 Å². The van der Waals surface area contributed by atoms with Gasteiger partial charge in [0.15, 0.2) is 0 Å². The second-order valence-corrected chi connectivity index (χ2v) is 4.84. The number of nitrogens with one attached hydrogen (secondary N) is 1. The smallest absolute Gasteiger partial charge is 0.0669 e. The van der Waals surface area contributed by atoms with Crippen molar-refractivity contribution in [2.75, 3.05) is 0 Å². The molecule has 11 heavy (non-hydrogen) atoms. The summed E-state index contributed by atoms with van der Waals surface area (Å²) in [7, 11) is 0. The van der Waals surface area contributed by atoms with Crippen LogP contribution in [-0.4, -0.2) is 11.7 Å². The highest BCUT2D eigenvalue weighted by Gasteiger charge is 2.48. The molecule has 4 bridgehead atoms. The molecular weight excluding hydrogens is 136 g/mol. The predicted octanol–water partition coefficient (Wildman–Crippen LogP) is 0.823. The summed E-state index contributed by atoms with van der Waals surface area (Å²) < 4.78 is 0. The third-order valence-corrected chi connectivity index (χ3v) is 3.70. The van der Waals surface area contributed by atoms with Gasteiger partial charge in [-0.1, -0.05) is 0 Å². The van der Waals surface area contributed by atoms with E-state index in [1.54, 1.807) is 0 Å². The summed E-state index contributed by atoms with van der Waals surface area (Å²) >= 11 is 0. The standard InChI is InChI=1S/C9H16N2/c10-9-4-6-1-7(5-9)3-8(2-6)11-9/h6-8,11H,1-5,10H2/t6-,7+,8?,9?. The molecule has 2 nitrogen and oxygen atoms in total. The van der Waals surface area contributed by atoms with Crippen molar-refractivity contribution in [3.63, 3.8) is 0 Å². The van der Waals surface area contributed by atoms with Crippen LogP contribution in [0.25, 0.3) is 0 Å². The van der Waals surface area contributed by atoms with E-state index in [1.807, 2.05) is 0 Å². The van der Waals surface area contributed by atoms with Crippen LogP contribution in [0.15, 0.2) is 0 Å². The van der Waals surface area contributed by atoms with Gasteiger partial charge in [-0.15, -0.1) is 0 Å². The van der Waals surface area contributed by atoms with Gasteiger partial charge in [-0.2, -0.15) is 0 Å².